The average molecular weight is 483 g/mol. The highest BCUT2D eigenvalue weighted by atomic mass is 32.1. The summed E-state index contributed by atoms with van der Waals surface area (Å²) in [6.45, 7) is 16.5. The Hall–Kier alpha value is -1.88. The fourth-order valence-corrected chi connectivity index (χ4v) is 3.73. The number of amides is 1. The van der Waals surface area contributed by atoms with Crippen LogP contribution in [0.25, 0.3) is 0 Å². The number of thiophene rings is 1. The maximum atomic E-state index is 13.0. The lowest BCUT2D eigenvalue weighted by Crippen LogP contribution is -2.49. The number of anilines is 1. The van der Waals surface area contributed by atoms with Gasteiger partial charge < -0.3 is 10.2 Å². The van der Waals surface area contributed by atoms with Crippen molar-refractivity contribution >= 4 is 28.9 Å². The highest BCUT2D eigenvalue weighted by Crippen LogP contribution is 2.33. The van der Waals surface area contributed by atoms with Crippen molar-refractivity contribution in [2.45, 2.75) is 81.1 Å². The number of likely N-dealkylation sites (N-methyl/N-ethyl adjacent to an activating group) is 1. The van der Waals surface area contributed by atoms with E-state index in [0.29, 0.717) is 11.6 Å². The van der Waals surface area contributed by atoms with Crippen LogP contribution in [0.5, 0.6) is 0 Å². The molecule has 0 atom stereocenters. The molecule has 0 radical (unpaired) electrons. The van der Waals surface area contributed by atoms with E-state index in [1.807, 2.05) is 27.7 Å². The van der Waals surface area contributed by atoms with Crippen molar-refractivity contribution in [1.29, 1.82) is 0 Å². The Morgan fingerprint density at radius 3 is 2.00 bits per heavy atom. The summed E-state index contributed by atoms with van der Waals surface area (Å²) in [5, 5.41) is 23.3. The van der Waals surface area contributed by atoms with Crippen LogP contribution in [0.1, 0.15) is 90.7 Å². The Bertz CT molecular complexity index is 705. The quantitative estimate of drug-likeness (QED) is 0.375. The van der Waals surface area contributed by atoms with Crippen molar-refractivity contribution < 1.29 is 19.8 Å². The number of rotatable bonds is 6. The van der Waals surface area contributed by atoms with Crippen LogP contribution in [-0.2, 0) is 4.79 Å². The van der Waals surface area contributed by atoms with Crippen LogP contribution in [0.4, 0.5) is 5.69 Å². The van der Waals surface area contributed by atoms with Crippen molar-refractivity contribution in [2.75, 3.05) is 25.2 Å². The molecule has 1 aliphatic carbocycles. The minimum atomic E-state index is -1.04. The van der Waals surface area contributed by atoms with Crippen LogP contribution in [0.15, 0.2) is 11.4 Å². The molecule has 0 aromatic carbocycles. The van der Waals surface area contributed by atoms with Gasteiger partial charge in [-0.1, -0.05) is 41.5 Å². The Morgan fingerprint density at radius 1 is 1.12 bits per heavy atom. The second-order valence-corrected chi connectivity index (χ2v) is 9.30. The van der Waals surface area contributed by atoms with Gasteiger partial charge in [0.25, 0.3) is 0 Å². The lowest BCUT2D eigenvalue weighted by Gasteiger charge is -2.36. The Balaban J connectivity index is 0. The molecule has 2 rings (SSSR count). The number of carbonyl (C=O) groups is 2. The zero-order valence-corrected chi connectivity index (χ0v) is 23.0. The van der Waals surface area contributed by atoms with Crippen LogP contribution in [0, 0.1) is 29.6 Å². The van der Waals surface area contributed by atoms with E-state index >= 15 is 0 Å². The molecule has 0 bridgehead atoms. The van der Waals surface area contributed by atoms with Gasteiger partial charge in [-0.3, -0.25) is 4.79 Å². The molecule has 1 aromatic rings. The largest absolute Gasteiger partial charge is 0.477 e. The molecule has 1 aromatic heterocycles. The van der Waals surface area contributed by atoms with Gasteiger partial charge in [0.2, 0.25) is 5.91 Å². The van der Waals surface area contributed by atoms with E-state index in [9.17, 15) is 19.8 Å². The molecule has 7 heteroatoms. The highest BCUT2D eigenvalue weighted by Gasteiger charge is 2.33. The standard InChI is InChI=1S/C16H24N2O4S.C4H10.C4H6.C2H6/c1-11-3-5-12(6-4-11)15(20)18(17(2)8-9-19)13-7-10-23-14(13)16(21)22;1-4(2)3;1-3-4-2;1-2/h7,10-12,19H,3-6,8-9H2,1-2H3,(H,21,22);4H,1-3H3;1-2H3;1-2H3. The lowest BCUT2D eigenvalue weighted by atomic mass is 9.82. The fourth-order valence-electron chi connectivity index (χ4n) is 3.02. The maximum Gasteiger partial charge on any atom is 0.348 e. The maximum absolute atomic E-state index is 13.0. The predicted octanol–water partition coefficient (Wildman–Crippen LogP) is 6.16. The Labute approximate surface area is 206 Å². The zero-order chi connectivity index (χ0) is 26.0. The number of nitrogens with zero attached hydrogens (tertiary/aromatic N) is 2. The number of carboxylic acid groups (broad SMARTS) is 1. The first-order valence-electron chi connectivity index (χ1n) is 11.9. The number of hydrogen-bond acceptors (Lipinski definition) is 5. The van der Waals surface area contributed by atoms with Gasteiger partial charge in [0.1, 0.15) is 4.88 Å². The second-order valence-electron chi connectivity index (χ2n) is 8.38. The summed E-state index contributed by atoms with van der Waals surface area (Å²) in [7, 11) is 1.70. The van der Waals surface area contributed by atoms with Crippen molar-refractivity contribution in [3.8, 4) is 11.8 Å². The number of aliphatic hydroxyl groups is 1. The van der Waals surface area contributed by atoms with Gasteiger partial charge >= 0.3 is 5.97 Å². The smallest absolute Gasteiger partial charge is 0.348 e. The van der Waals surface area contributed by atoms with Crippen LogP contribution < -0.4 is 5.01 Å². The topological polar surface area (TPSA) is 81.1 Å². The number of aliphatic hydroxyl groups excluding tert-OH is 1. The summed E-state index contributed by atoms with van der Waals surface area (Å²) in [6.07, 6.45) is 3.69. The summed E-state index contributed by atoms with van der Waals surface area (Å²) in [5.74, 6) is 5.63. The van der Waals surface area contributed by atoms with Crippen LogP contribution >= 0.6 is 11.3 Å². The first-order chi connectivity index (χ1) is 15.6. The normalized spacial score (nSPS) is 16.6. The van der Waals surface area contributed by atoms with Gasteiger partial charge in [-0.25, -0.2) is 14.8 Å². The van der Waals surface area contributed by atoms with Gasteiger partial charge in [-0.2, -0.15) is 0 Å². The summed E-state index contributed by atoms with van der Waals surface area (Å²) < 4.78 is 0. The average Bonchev–Trinajstić information content (AvgIpc) is 3.25. The first-order valence-corrected chi connectivity index (χ1v) is 12.8. The van der Waals surface area contributed by atoms with E-state index in [1.54, 1.807) is 23.5 Å². The molecular formula is C26H46N2O4S. The van der Waals surface area contributed by atoms with Crippen LogP contribution in [0.2, 0.25) is 0 Å². The highest BCUT2D eigenvalue weighted by molar-refractivity contribution is 7.12. The summed E-state index contributed by atoms with van der Waals surface area (Å²) in [5.41, 5.74) is 0.391. The molecule has 190 valence electrons. The second kappa shape index (κ2) is 19.6. The van der Waals surface area contributed by atoms with Crippen LogP contribution in [0.3, 0.4) is 0 Å². The molecule has 6 nitrogen and oxygen atoms in total. The Kier molecular flexibility index (Phi) is 19.8. The molecule has 0 aliphatic heterocycles. The van der Waals surface area contributed by atoms with Gasteiger partial charge in [0.05, 0.1) is 12.3 Å². The van der Waals surface area contributed by atoms with Gasteiger partial charge in [-0.05, 0) is 62.8 Å². The minimum absolute atomic E-state index is 0.0752. The van der Waals surface area contributed by atoms with E-state index in [4.69, 9.17) is 0 Å². The molecule has 1 fully saturated rings. The third-order valence-electron chi connectivity index (χ3n) is 4.66. The fraction of sp³-hybridized carbons (Fsp3) is 0.692. The SMILES string of the molecule is CC.CC#CC.CC(C)C.CC1CCC(C(=O)N(c2ccsc2C(=O)O)N(C)CCO)CC1. The third kappa shape index (κ3) is 13.4. The van der Waals surface area contributed by atoms with Gasteiger partial charge in [0, 0.05) is 19.5 Å². The molecule has 0 unspecified atom stereocenters. The summed E-state index contributed by atoms with van der Waals surface area (Å²) in [6, 6.07) is 1.66. The van der Waals surface area contributed by atoms with Gasteiger partial charge in [-0.15, -0.1) is 23.2 Å². The van der Waals surface area contributed by atoms with Crippen LogP contribution in [-0.4, -0.2) is 47.3 Å². The Morgan fingerprint density at radius 2 is 1.61 bits per heavy atom. The molecule has 1 amide bonds. The molecule has 33 heavy (non-hydrogen) atoms. The first kappa shape index (κ1) is 33.3. The lowest BCUT2D eigenvalue weighted by molar-refractivity contribution is -0.126. The van der Waals surface area contributed by atoms with Crippen molar-refractivity contribution in [2.24, 2.45) is 17.8 Å². The van der Waals surface area contributed by atoms with E-state index in [0.717, 1.165) is 42.9 Å². The number of hydrazine groups is 1. The van der Waals surface area contributed by atoms with Crippen molar-refractivity contribution in [1.82, 2.24) is 5.01 Å². The minimum Gasteiger partial charge on any atom is -0.477 e. The van der Waals surface area contributed by atoms with E-state index in [-0.39, 0.29) is 29.9 Å². The monoisotopic (exact) mass is 482 g/mol. The number of carboxylic acids is 1. The molecule has 2 N–H and O–H groups in total. The third-order valence-corrected chi connectivity index (χ3v) is 5.55. The summed E-state index contributed by atoms with van der Waals surface area (Å²) in [4.78, 5) is 24.6. The molecule has 1 heterocycles. The number of hydrogen-bond donors (Lipinski definition) is 2. The number of aromatic carboxylic acids is 1. The van der Waals surface area contributed by atoms with E-state index in [1.165, 1.54) is 5.01 Å². The van der Waals surface area contributed by atoms with E-state index < -0.39 is 5.97 Å². The molecule has 0 spiro atoms. The van der Waals surface area contributed by atoms with Gasteiger partial charge in [0.15, 0.2) is 0 Å². The van der Waals surface area contributed by atoms with Crippen molar-refractivity contribution in [3.63, 3.8) is 0 Å². The van der Waals surface area contributed by atoms with E-state index in [2.05, 4.69) is 39.5 Å². The predicted molar refractivity (Wildman–Crippen MR) is 141 cm³/mol. The molecule has 1 saturated carbocycles. The molecular weight excluding hydrogens is 436 g/mol. The zero-order valence-electron chi connectivity index (χ0n) is 22.1. The molecule has 1 aliphatic rings. The summed E-state index contributed by atoms with van der Waals surface area (Å²) >= 11 is 1.10. The number of carbonyl (C=O) groups excluding carboxylic acids is 1. The molecule has 0 saturated heterocycles. The van der Waals surface area contributed by atoms with Crippen molar-refractivity contribution in [3.05, 3.63) is 16.3 Å².